The summed E-state index contributed by atoms with van der Waals surface area (Å²) in [6.45, 7) is 1.84. The van der Waals surface area contributed by atoms with Gasteiger partial charge in [-0.05, 0) is 17.1 Å². The minimum absolute atomic E-state index is 0.147. The van der Waals surface area contributed by atoms with Crippen LogP contribution >= 0.6 is 0 Å². The highest BCUT2D eigenvalue weighted by Crippen LogP contribution is 2.04. The third-order valence-corrected chi connectivity index (χ3v) is 1.69. The molecule has 2 N–H and O–H groups in total. The lowest BCUT2D eigenvalue weighted by Crippen LogP contribution is -2.23. The molecule has 0 atom stereocenters. The summed E-state index contributed by atoms with van der Waals surface area (Å²) in [5.74, 6) is -1.14. The first-order chi connectivity index (χ1) is 5.69. The van der Waals surface area contributed by atoms with Gasteiger partial charge in [-0.3, -0.25) is 0 Å². The molecule has 0 aliphatic heterocycles. The molecule has 1 rings (SSSR count). The zero-order chi connectivity index (χ0) is 9.14. The van der Waals surface area contributed by atoms with Crippen molar-refractivity contribution < 1.29 is 8.78 Å². The Morgan fingerprint density at radius 1 is 1.42 bits per heavy atom. The maximum Gasteiger partial charge on any atom is 0.152 e. The monoisotopic (exact) mass is 168 g/mol. The largest absolute Gasteiger partial charge is 0.327 e. The van der Waals surface area contributed by atoms with Gasteiger partial charge in [-0.2, -0.15) is 0 Å². The molecule has 1 aromatic rings. The topological polar surface area (TPSA) is 26.0 Å². The molecule has 0 saturated heterocycles. The van der Waals surface area contributed by atoms with Crippen molar-refractivity contribution in [2.75, 3.05) is 0 Å². The smallest absolute Gasteiger partial charge is 0.152 e. The van der Waals surface area contributed by atoms with Gasteiger partial charge < -0.3 is 5.73 Å². The van der Waals surface area contributed by atoms with Crippen molar-refractivity contribution in [1.29, 1.82) is 0 Å². The van der Waals surface area contributed by atoms with Crippen molar-refractivity contribution in [3.8, 4) is 0 Å². The summed E-state index contributed by atoms with van der Waals surface area (Å²) in [6, 6.07) is 2.10. The van der Waals surface area contributed by atoms with Crippen LogP contribution in [0.4, 0.5) is 8.78 Å². The van der Waals surface area contributed by atoms with E-state index in [9.17, 15) is 8.78 Å². The SMILES string of the molecule is C[B]c1c(F)cc(F)cc1CN. The second-order valence-electron chi connectivity index (χ2n) is 2.45. The molecular formula is C8H9BF2N. The van der Waals surface area contributed by atoms with Crippen LogP contribution in [-0.4, -0.2) is 7.28 Å². The highest BCUT2D eigenvalue weighted by atomic mass is 19.1. The average Bonchev–Trinajstić information content (AvgIpc) is 2.03. The Kier molecular flexibility index (Phi) is 2.81. The summed E-state index contributed by atoms with van der Waals surface area (Å²) < 4.78 is 25.6. The van der Waals surface area contributed by atoms with Crippen molar-refractivity contribution in [2.24, 2.45) is 5.73 Å². The van der Waals surface area contributed by atoms with E-state index in [0.717, 1.165) is 6.07 Å². The zero-order valence-electron chi connectivity index (χ0n) is 6.77. The van der Waals surface area contributed by atoms with Crippen molar-refractivity contribution in [2.45, 2.75) is 13.4 Å². The Hall–Kier alpha value is -0.895. The van der Waals surface area contributed by atoms with Gasteiger partial charge in [0.15, 0.2) is 7.28 Å². The van der Waals surface area contributed by atoms with E-state index in [1.165, 1.54) is 6.07 Å². The summed E-state index contributed by atoms with van der Waals surface area (Å²) in [6.07, 6.45) is 0. The summed E-state index contributed by atoms with van der Waals surface area (Å²) >= 11 is 0. The average molecular weight is 168 g/mol. The van der Waals surface area contributed by atoms with Crippen molar-refractivity contribution in [1.82, 2.24) is 0 Å². The molecule has 0 saturated carbocycles. The molecule has 0 aliphatic carbocycles. The highest BCUT2D eigenvalue weighted by Gasteiger charge is 2.07. The molecule has 0 spiro atoms. The van der Waals surface area contributed by atoms with Gasteiger partial charge in [0.25, 0.3) is 0 Å². The number of halogens is 2. The van der Waals surface area contributed by atoms with Crippen LogP contribution in [0.25, 0.3) is 0 Å². The fourth-order valence-corrected chi connectivity index (χ4v) is 1.13. The van der Waals surface area contributed by atoms with Gasteiger partial charge in [0.2, 0.25) is 0 Å². The number of hydrogen-bond donors (Lipinski definition) is 1. The van der Waals surface area contributed by atoms with Gasteiger partial charge in [0.05, 0.1) is 0 Å². The van der Waals surface area contributed by atoms with Crippen molar-refractivity contribution in [3.05, 3.63) is 29.3 Å². The third kappa shape index (κ3) is 1.64. The van der Waals surface area contributed by atoms with E-state index in [1.54, 1.807) is 14.1 Å². The molecule has 0 aromatic heterocycles. The Labute approximate surface area is 70.8 Å². The normalized spacial score (nSPS) is 10.0. The van der Waals surface area contributed by atoms with Gasteiger partial charge >= 0.3 is 0 Å². The molecule has 0 bridgehead atoms. The predicted octanol–water partition coefficient (Wildman–Crippen LogP) is 0.801. The van der Waals surface area contributed by atoms with Crippen LogP contribution in [0.15, 0.2) is 12.1 Å². The number of nitrogens with two attached hydrogens (primary N) is 1. The van der Waals surface area contributed by atoms with Gasteiger partial charge in [-0.15, -0.1) is 0 Å². The molecule has 1 aromatic carbocycles. The lowest BCUT2D eigenvalue weighted by molar-refractivity contribution is 0.585. The molecule has 0 aliphatic rings. The number of rotatable bonds is 2. The van der Waals surface area contributed by atoms with Crippen molar-refractivity contribution in [3.63, 3.8) is 0 Å². The summed E-state index contributed by atoms with van der Waals surface area (Å²) in [4.78, 5) is 0. The van der Waals surface area contributed by atoms with E-state index < -0.39 is 11.6 Å². The van der Waals surface area contributed by atoms with E-state index in [0.29, 0.717) is 11.0 Å². The van der Waals surface area contributed by atoms with Gasteiger partial charge in [-0.25, -0.2) is 8.78 Å². The Morgan fingerprint density at radius 3 is 2.58 bits per heavy atom. The molecule has 0 unspecified atom stereocenters. The van der Waals surface area contributed by atoms with Crippen LogP contribution in [0, 0.1) is 11.6 Å². The number of hydrogen-bond acceptors (Lipinski definition) is 1. The Balaban J connectivity index is 3.24. The fourth-order valence-electron chi connectivity index (χ4n) is 1.13. The first-order valence-corrected chi connectivity index (χ1v) is 3.66. The number of benzene rings is 1. The Bertz CT molecular complexity index is 289. The molecule has 1 radical (unpaired) electrons. The molecular weight excluding hydrogens is 159 g/mol. The highest BCUT2D eigenvalue weighted by molar-refractivity contribution is 6.52. The maximum atomic E-state index is 13.0. The molecule has 0 amide bonds. The molecule has 0 fully saturated rings. The van der Waals surface area contributed by atoms with E-state index >= 15 is 0 Å². The summed E-state index contributed by atoms with van der Waals surface area (Å²) in [7, 11) is 1.58. The van der Waals surface area contributed by atoms with Crippen molar-refractivity contribution >= 4 is 12.7 Å². The standard InChI is InChI=1S/C8H9BF2N/c1-9-8-5(4-12)2-6(10)3-7(8)11/h2-3H,4,12H2,1H3. The second kappa shape index (κ2) is 3.67. The summed E-state index contributed by atoms with van der Waals surface area (Å²) in [5, 5.41) is 0. The minimum atomic E-state index is -0.585. The van der Waals surface area contributed by atoms with E-state index in [-0.39, 0.29) is 6.54 Å². The molecule has 0 heterocycles. The van der Waals surface area contributed by atoms with Crippen LogP contribution in [0.1, 0.15) is 5.56 Å². The maximum absolute atomic E-state index is 13.0. The molecule has 12 heavy (non-hydrogen) atoms. The van der Waals surface area contributed by atoms with E-state index in [2.05, 4.69) is 0 Å². The first kappa shape index (κ1) is 9.19. The van der Waals surface area contributed by atoms with E-state index in [4.69, 9.17) is 5.73 Å². The minimum Gasteiger partial charge on any atom is -0.327 e. The van der Waals surface area contributed by atoms with Crippen LogP contribution in [-0.2, 0) is 6.54 Å². The fraction of sp³-hybridized carbons (Fsp3) is 0.250. The molecule has 1 nitrogen and oxygen atoms in total. The molecule has 4 heteroatoms. The van der Waals surface area contributed by atoms with Crippen LogP contribution in [0.5, 0.6) is 0 Å². The van der Waals surface area contributed by atoms with Crippen LogP contribution in [0.2, 0.25) is 6.82 Å². The summed E-state index contributed by atoms with van der Waals surface area (Å²) in [5.41, 5.74) is 6.19. The lowest BCUT2D eigenvalue weighted by atomic mass is 9.70. The zero-order valence-corrected chi connectivity index (χ0v) is 6.77. The first-order valence-electron chi connectivity index (χ1n) is 3.66. The second-order valence-corrected chi connectivity index (χ2v) is 2.45. The predicted molar refractivity (Wildman–Crippen MR) is 45.5 cm³/mol. The molecule has 63 valence electrons. The van der Waals surface area contributed by atoms with Gasteiger partial charge in [0.1, 0.15) is 11.6 Å². The van der Waals surface area contributed by atoms with Gasteiger partial charge in [-0.1, -0.05) is 6.82 Å². The quantitative estimate of drug-likeness (QED) is 0.649. The van der Waals surface area contributed by atoms with Gasteiger partial charge in [0, 0.05) is 12.6 Å². The van der Waals surface area contributed by atoms with Crippen LogP contribution < -0.4 is 11.2 Å². The lowest BCUT2D eigenvalue weighted by Gasteiger charge is -2.06. The third-order valence-electron chi connectivity index (χ3n) is 1.69. The van der Waals surface area contributed by atoms with E-state index in [1.807, 2.05) is 0 Å². The Morgan fingerprint density at radius 2 is 2.08 bits per heavy atom. The van der Waals surface area contributed by atoms with Crippen LogP contribution in [0.3, 0.4) is 0 Å².